The first-order valence-corrected chi connectivity index (χ1v) is 7.46. The van der Waals surface area contributed by atoms with Gasteiger partial charge in [0.1, 0.15) is 35.0 Å². The van der Waals surface area contributed by atoms with Crippen LogP contribution >= 0.6 is 0 Å². The summed E-state index contributed by atoms with van der Waals surface area (Å²) in [6, 6.07) is 4.94. The molecule has 0 fully saturated rings. The fourth-order valence-corrected chi connectivity index (χ4v) is 2.93. The lowest BCUT2D eigenvalue weighted by Gasteiger charge is -2.49. The molecule has 1 aromatic carbocycles. The van der Waals surface area contributed by atoms with Crippen LogP contribution in [0.5, 0.6) is 11.5 Å². The van der Waals surface area contributed by atoms with Crippen LogP contribution in [-0.4, -0.2) is 37.5 Å². The molecule has 2 unspecified atom stereocenters. The van der Waals surface area contributed by atoms with Crippen molar-refractivity contribution in [1.29, 1.82) is 0 Å². The second kappa shape index (κ2) is 5.17. The van der Waals surface area contributed by atoms with Crippen molar-refractivity contribution in [3.8, 4) is 11.5 Å². The molecule has 3 rings (SSSR count). The number of aliphatic hydroxyl groups is 1. The Morgan fingerprint density at radius 3 is 2.62 bits per heavy atom. The van der Waals surface area contributed by atoms with Crippen molar-refractivity contribution in [2.75, 3.05) is 0 Å². The fraction of sp³-hybridized carbons (Fsp3) is 0.353. The highest BCUT2D eigenvalue weighted by Gasteiger charge is 2.54. The Balaban J connectivity index is 2.32. The van der Waals surface area contributed by atoms with Crippen molar-refractivity contribution < 1.29 is 19.7 Å². The summed E-state index contributed by atoms with van der Waals surface area (Å²) in [6.07, 6.45) is 1.81. The molecule has 0 saturated carbocycles. The minimum Gasteiger partial charge on any atom is -0.506 e. The van der Waals surface area contributed by atoms with Gasteiger partial charge in [-0.1, -0.05) is 0 Å². The first-order chi connectivity index (χ1) is 11.2. The monoisotopic (exact) mass is 330 g/mol. The van der Waals surface area contributed by atoms with Gasteiger partial charge in [0.15, 0.2) is 0 Å². The lowest BCUT2D eigenvalue weighted by atomic mass is 9.75. The summed E-state index contributed by atoms with van der Waals surface area (Å²) in [7, 11) is 0. The first kappa shape index (κ1) is 16.2. The Kier molecular flexibility index (Phi) is 3.49. The Hall–Kier alpha value is -2.67. The summed E-state index contributed by atoms with van der Waals surface area (Å²) < 4.78 is 6.99. The van der Waals surface area contributed by atoms with Crippen LogP contribution in [0.25, 0.3) is 0 Å². The molecule has 7 heteroatoms. The molecular weight excluding hydrogens is 312 g/mol. The molecule has 2 atom stereocenters. The van der Waals surface area contributed by atoms with Crippen molar-refractivity contribution in [2.45, 2.75) is 38.0 Å². The zero-order valence-corrected chi connectivity index (χ0v) is 13.6. The molecule has 1 aliphatic rings. The summed E-state index contributed by atoms with van der Waals surface area (Å²) in [6.45, 7) is 4.97. The molecule has 0 amide bonds. The smallest absolute Gasteiger partial charge is 0.271 e. The van der Waals surface area contributed by atoms with E-state index < -0.39 is 22.8 Å². The topological polar surface area (TPSA) is 102 Å². The van der Waals surface area contributed by atoms with Crippen LogP contribution in [0.3, 0.4) is 0 Å². The highest BCUT2D eigenvalue weighted by molar-refractivity contribution is 5.76. The maximum atomic E-state index is 12.3. The average molecular weight is 330 g/mol. The van der Waals surface area contributed by atoms with Crippen LogP contribution in [0, 0.1) is 0 Å². The van der Waals surface area contributed by atoms with Crippen LogP contribution in [0.4, 0.5) is 0 Å². The number of benzene rings is 1. The molecule has 126 valence electrons. The van der Waals surface area contributed by atoms with Gasteiger partial charge in [-0.05, 0) is 39.0 Å². The molecule has 0 aliphatic carbocycles. The molecule has 0 saturated heterocycles. The maximum Gasteiger partial charge on any atom is 0.271 e. The molecule has 2 aromatic rings. The second-order valence-electron chi connectivity index (χ2n) is 6.57. The molecular formula is C17H18N2O5. The highest BCUT2D eigenvalue weighted by atomic mass is 16.5. The van der Waals surface area contributed by atoms with Gasteiger partial charge in [0, 0.05) is 17.2 Å². The third-order valence-electron chi connectivity index (χ3n) is 4.64. The molecule has 1 aliphatic heterocycles. The van der Waals surface area contributed by atoms with Crippen LogP contribution in [-0.2, 0) is 0 Å². The van der Waals surface area contributed by atoms with Crippen molar-refractivity contribution in [3.63, 3.8) is 0 Å². The number of carbonyl (C=O) groups excluding carboxylic acids is 1. The number of aldehydes is 1. The number of hydrogen-bond acceptors (Lipinski definition) is 6. The summed E-state index contributed by atoms with van der Waals surface area (Å²) in [5, 5.41) is 24.5. The van der Waals surface area contributed by atoms with Crippen LogP contribution in [0.15, 0.2) is 35.3 Å². The van der Waals surface area contributed by atoms with Crippen LogP contribution in [0.1, 0.15) is 42.7 Å². The second-order valence-corrected chi connectivity index (χ2v) is 6.57. The lowest BCUT2D eigenvalue weighted by Crippen LogP contribution is -2.61. The van der Waals surface area contributed by atoms with E-state index in [9.17, 15) is 19.8 Å². The Morgan fingerprint density at radius 2 is 2.00 bits per heavy atom. The Bertz CT molecular complexity index is 870. The summed E-state index contributed by atoms with van der Waals surface area (Å²) >= 11 is 0. The average Bonchev–Trinajstić information content (AvgIpc) is 2.49. The summed E-state index contributed by atoms with van der Waals surface area (Å²) in [4.78, 5) is 23.4. The molecule has 0 radical (unpaired) electrons. The van der Waals surface area contributed by atoms with Crippen molar-refractivity contribution in [3.05, 3.63) is 51.9 Å². The highest BCUT2D eigenvalue weighted by Crippen LogP contribution is 2.47. The van der Waals surface area contributed by atoms with Gasteiger partial charge in [0.2, 0.25) is 0 Å². The Labute approximate surface area is 138 Å². The Morgan fingerprint density at radius 1 is 1.29 bits per heavy atom. The molecule has 24 heavy (non-hydrogen) atoms. The molecule has 2 heterocycles. The first-order valence-electron chi connectivity index (χ1n) is 7.46. The zero-order valence-electron chi connectivity index (χ0n) is 13.6. The van der Waals surface area contributed by atoms with Gasteiger partial charge < -0.3 is 14.9 Å². The zero-order chi connectivity index (χ0) is 17.7. The fourth-order valence-electron chi connectivity index (χ4n) is 2.93. The minimum atomic E-state index is -1.50. The third-order valence-corrected chi connectivity index (χ3v) is 4.64. The van der Waals surface area contributed by atoms with E-state index in [0.29, 0.717) is 23.2 Å². The number of nitrogens with zero attached hydrogens (tertiary/aromatic N) is 2. The summed E-state index contributed by atoms with van der Waals surface area (Å²) in [5.41, 5.74) is -2.23. The van der Waals surface area contributed by atoms with Gasteiger partial charge in [-0.3, -0.25) is 9.59 Å². The van der Waals surface area contributed by atoms with E-state index in [1.165, 1.54) is 0 Å². The van der Waals surface area contributed by atoms with E-state index in [0.717, 1.165) is 16.9 Å². The standard InChI is InChI=1S/C17H18N2O5/c1-16(2)17(3,23)15(19-14(22)7-11(21)8-18-19)12-6-10(9-20)4-5-13(12)24-16/h4-9,15,21,23H,1-3H3. The number of fused-ring (bicyclic) bond motifs is 1. The molecule has 1 aromatic heterocycles. The van der Waals surface area contributed by atoms with E-state index >= 15 is 0 Å². The van der Waals surface area contributed by atoms with Crippen LogP contribution < -0.4 is 10.3 Å². The van der Waals surface area contributed by atoms with Gasteiger partial charge in [0.25, 0.3) is 5.56 Å². The van der Waals surface area contributed by atoms with Crippen LogP contribution in [0.2, 0.25) is 0 Å². The summed E-state index contributed by atoms with van der Waals surface area (Å²) in [5.74, 6) is 0.202. The predicted molar refractivity (Wildman–Crippen MR) is 85.5 cm³/mol. The molecule has 7 nitrogen and oxygen atoms in total. The van der Waals surface area contributed by atoms with Gasteiger partial charge in [-0.2, -0.15) is 5.10 Å². The van der Waals surface area contributed by atoms with E-state index in [2.05, 4.69) is 5.10 Å². The SMILES string of the molecule is CC1(C)Oc2ccc(C=O)cc2C(n2ncc(O)cc2=O)C1(C)O. The minimum absolute atomic E-state index is 0.260. The molecule has 0 spiro atoms. The largest absolute Gasteiger partial charge is 0.506 e. The molecule has 2 N–H and O–H groups in total. The predicted octanol–water partition coefficient (Wildman–Crippen LogP) is 1.27. The van der Waals surface area contributed by atoms with Crippen molar-refractivity contribution in [1.82, 2.24) is 9.78 Å². The number of ether oxygens (including phenoxy) is 1. The van der Waals surface area contributed by atoms with Gasteiger partial charge in [-0.25, -0.2) is 4.68 Å². The lowest BCUT2D eigenvalue weighted by molar-refractivity contribution is -0.141. The number of aromatic nitrogens is 2. The van der Waals surface area contributed by atoms with E-state index in [-0.39, 0.29) is 5.75 Å². The maximum absolute atomic E-state index is 12.3. The third kappa shape index (κ3) is 2.28. The van der Waals surface area contributed by atoms with Gasteiger partial charge >= 0.3 is 0 Å². The van der Waals surface area contributed by atoms with Crippen molar-refractivity contribution in [2.24, 2.45) is 0 Å². The van der Waals surface area contributed by atoms with E-state index in [1.54, 1.807) is 39.0 Å². The van der Waals surface area contributed by atoms with Gasteiger partial charge in [0.05, 0.1) is 6.20 Å². The van der Waals surface area contributed by atoms with E-state index in [1.807, 2.05) is 0 Å². The van der Waals surface area contributed by atoms with E-state index in [4.69, 9.17) is 4.74 Å². The quantitative estimate of drug-likeness (QED) is 0.804. The normalized spacial score (nSPS) is 24.8. The number of aromatic hydroxyl groups is 1. The van der Waals surface area contributed by atoms with Gasteiger partial charge in [-0.15, -0.1) is 0 Å². The van der Waals surface area contributed by atoms with Crippen molar-refractivity contribution >= 4 is 6.29 Å². The number of hydrogen-bond donors (Lipinski definition) is 2. The molecule has 0 bridgehead atoms. The number of rotatable bonds is 2. The number of carbonyl (C=O) groups is 1.